The largest absolute Gasteiger partial charge is 0.493 e. The number of hydrogen-bond acceptors (Lipinski definition) is 8. The Morgan fingerprint density at radius 3 is 1.98 bits per heavy atom. The van der Waals surface area contributed by atoms with Crippen LogP contribution in [0.2, 0.25) is 0 Å². The number of fused-ring (bicyclic) bond motifs is 1. The Morgan fingerprint density at radius 1 is 0.812 bits per heavy atom. The van der Waals surface area contributed by atoms with Crippen molar-refractivity contribution in [1.82, 2.24) is 0 Å². The van der Waals surface area contributed by atoms with Crippen molar-refractivity contribution in [2.24, 2.45) is 11.8 Å². The highest BCUT2D eigenvalue weighted by Crippen LogP contribution is 2.57. The first kappa shape index (κ1) is 36.6. The molecule has 1 aliphatic heterocycles. The third-order valence-corrected chi connectivity index (χ3v) is 9.75. The van der Waals surface area contributed by atoms with Crippen molar-refractivity contribution in [1.29, 1.82) is 5.26 Å². The Hall–Kier alpha value is -4.25. The van der Waals surface area contributed by atoms with Gasteiger partial charge in [0.05, 0.1) is 59.2 Å². The molecule has 0 fully saturated rings. The molecule has 48 heavy (non-hydrogen) atoms. The van der Waals surface area contributed by atoms with Crippen molar-refractivity contribution in [3.8, 4) is 40.6 Å². The van der Waals surface area contributed by atoms with E-state index in [9.17, 15) is 5.26 Å². The predicted molar refractivity (Wildman–Crippen MR) is 191 cm³/mol. The van der Waals surface area contributed by atoms with Gasteiger partial charge >= 0.3 is 0 Å². The highest BCUT2D eigenvalue weighted by molar-refractivity contribution is 5.71. The van der Waals surface area contributed by atoms with Crippen LogP contribution in [-0.2, 0) is 11.8 Å². The number of benzene rings is 3. The first-order chi connectivity index (χ1) is 23.2. The maximum atomic E-state index is 10.8. The number of ether oxygens (including phenoxy) is 6. The van der Waals surface area contributed by atoms with Crippen LogP contribution < -0.4 is 33.3 Å². The summed E-state index contributed by atoms with van der Waals surface area (Å²) in [5.41, 5.74) is 3.59. The quantitative estimate of drug-likeness (QED) is 0.151. The van der Waals surface area contributed by atoms with Gasteiger partial charge in [0.2, 0.25) is 11.5 Å². The first-order valence-corrected chi connectivity index (χ1v) is 17.2. The second-order valence-electron chi connectivity index (χ2n) is 13.0. The molecule has 0 bridgehead atoms. The van der Waals surface area contributed by atoms with Crippen LogP contribution in [0.25, 0.3) is 0 Å². The van der Waals surface area contributed by atoms with Gasteiger partial charge in [-0.2, -0.15) is 5.26 Å². The van der Waals surface area contributed by atoms with Crippen molar-refractivity contribution >= 4 is 5.69 Å². The van der Waals surface area contributed by atoms with Crippen LogP contribution in [0.1, 0.15) is 83.5 Å². The van der Waals surface area contributed by atoms with Crippen LogP contribution in [0.5, 0.6) is 34.5 Å². The Morgan fingerprint density at radius 2 is 1.44 bits per heavy atom. The fourth-order valence-corrected chi connectivity index (χ4v) is 7.51. The van der Waals surface area contributed by atoms with Crippen molar-refractivity contribution < 1.29 is 28.4 Å². The summed E-state index contributed by atoms with van der Waals surface area (Å²) in [7, 11) is 6.57. The SMILES string of the molecule is CCOc1c2c(c(OCC)c(OC)c1OC)C(C(C)C)N(c1ccccc1)[C@@H](CCC[C@](C#N)(c1ccc(OC)c(OC)c1)C(C)C)C2. The van der Waals surface area contributed by atoms with E-state index in [4.69, 9.17) is 28.4 Å². The average Bonchev–Trinajstić information content (AvgIpc) is 3.10. The van der Waals surface area contributed by atoms with Crippen molar-refractivity contribution in [3.63, 3.8) is 0 Å². The van der Waals surface area contributed by atoms with Gasteiger partial charge < -0.3 is 33.3 Å². The average molecular weight is 659 g/mol. The molecule has 260 valence electrons. The molecule has 0 saturated heterocycles. The van der Waals surface area contributed by atoms with Crippen LogP contribution in [0, 0.1) is 23.2 Å². The van der Waals surface area contributed by atoms with Crippen LogP contribution in [0.3, 0.4) is 0 Å². The second kappa shape index (κ2) is 16.2. The summed E-state index contributed by atoms with van der Waals surface area (Å²) >= 11 is 0. The highest BCUT2D eigenvalue weighted by Gasteiger charge is 2.44. The van der Waals surface area contributed by atoms with Gasteiger partial charge in [0.15, 0.2) is 23.0 Å². The van der Waals surface area contributed by atoms with Crippen LogP contribution in [0.4, 0.5) is 5.69 Å². The minimum Gasteiger partial charge on any atom is -0.493 e. The first-order valence-electron chi connectivity index (χ1n) is 17.2. The zero-order chi connectivity index (χ0) is 35.0. The maximum Gasteiger partial charge on any atom is 0.207 e. The molecule has 0 amide bonds. The molecule has 3 atom stereocenters. The molecule has 1 heterocycles. The van der Waals surface area contributed by atoms with Gasteiger partial charge in [0.25, 0.3) is 0 Å². The van der Waals surface area contributed by atoms with E-state index < -0.39 is 5.41 Å². The van der Waals surface area contributed by atoms with E-state index in [1.54, 1.807) is 28.4 Å². The van der Waals surface area contributed by atoms with Gasteiger partial charge in [-0.1, -0.05) is 52.0 Å². The number of nitriles is 1. The molecule has 0 aromatic heterocycles. The summed E-state index contributed by atoms with van der Waals surface area (Å²) in [6.07, 6.45) is 3.12. The Bertz CT molecular complexity index is 1550. The minimum absolute atomic E-state index is 0.0293. The number of nitrogens with zero attached hydrogens (tertiary/aromatic N) is 2. The molecular weight excluding hydrogens is 604 g/mol. The molecule has 3 aromatic carbocycles. The summed E-state index contributed by atoms with van der Waals surface area (Å²) < 4.78 is 35.9. The third-order valence-electron chi connectivity index (χ3n) is 9.75. The topological polar surface area (TPSA) is 82.4 Å². The summed E-state index contributed by atoms with van der Waals surface area (Å²) in [5.74, 6) is 4.14. The molecular formula is C40H54N2O6. The summed E-state index contributed by atoms with van der Waals surface area (Å²) in [6.45, 7) is 13.7. The van der Waals surface area contributed by atoms with Gasteiger partial charge in [-0.15, -0.1) is 0 Å². The lowest BCUT2D eigenvalue weighted by Gasteiger charge is -2.48. The molecule has 8 heteroatoms. The van der Waals surface area contributed by atoms with Gasteiger partial charge in [-0.25, -0.2) is 0 Å². The smallest absolute Gasteiger partial charge is 0.207 e. The van der Waals surface area contributed by atoms with E-state index in [1.165, 1.54) is 0 Å². The lowest BCUT2D eigenvalue weighted by atomic mass is 9.69. The zero-order valence-electron chi connectivity index (χ0n) is 30.5. The highest BCUT2D eigenvalue weighted by atomic mass is 16.5. The molecule has 0 saturated carbocycles. The molecule has 0 aliphatic carbocycles. The van der Waals surface area contributed by atoms with Gasteiger partial charge in [-0.3, -0.25) is 0 Å². The molecule has 1 aliphatic rings. The number of hydrogen-bond donors (Lipinski definition) is 0. The molecule has 3 aromatic rings. The standard InChI is InChI=1S/C40H54N2O6/c1-11-47-36-31-24-30(19-16-22-40(25-41,27(5)6)28-20-21-32(43-7)33(23-28)44-8)42(29-17-14-13-15-18-29)35(26(3)4)34(31)37(48-12-2)39(46-10)38(36)45-9/h13-15,17-18,20-21,23,26-27,30,35H,11-12,16,19,22,24H2,1-10H3/t30-,35?,40+/m0/s1. The minimum atomic E-state index is -0.698. The van der Waals surface area contributed by atoms with Crippen LogP contribution >= 0.6 is 0 Å². The van der Waals surface area contributed by atoms with Crippen LogP contribution in [0.15, 0.2) is 48.5 Å². The second-order valence-corrected chi connectivity index (χ2v) is 13.0. The van der Waals surface area contributed by atoms with Crippen LogP contribution in [-0.4, -0.2) is 47.7 Å². The maximum absolute atomic E-state index is 10.8. The molecule has 0 spiro atoms. The molecule has 4 rings (SSSR count). The normalized spacial score (nSPS) is 16.9. The summed E-state index contributed by atoms with van der Waals surface area (Å²) in [5, 5.41) is 10.8. The molecule has 8 nitrogen and oxygen atoms in total. The Balaban J connectivity index is 1.85. The van der Waals surface area contributed by atoms with Crippen molar-refractivity contribution in [2.75, 3.05) is 46.6 Å². The van der Waals surface area contributed by atoms with E-state index in [-0.39, 0.29) is 23.9 Å². The zero-order valence-corrected chi connectivity index (χ0v) is 30.5. The number of methoxy groups -OCH3 is 4. The van der Waals surface area contributed by atoms with Crippen molar-refractivity contribution in [2.45, 2.75) is 84.7 Å². The number of rotatable bonds is 16. The number of para-hydroxylation sites is 1. The third kappa shape index (κ3) is 6.83. The number of anilines is 1. The van der Waals surface area contributed by atoms with E-state index in [0.29, 0.717) is 48.4 Å². The lowest BCUT2D eigenvalue weighted by molar-refractivity contribution is 0.259. The fraction of sp³-hybridized carbons (Fsp3) is 0.525. The summed E-state index contributed by atoms with van der Waals surface area (Å²) in [6, 6.07) is 19.3. The van der Waals surface area contributed by atoms with Gasteiger partial charge in [0, 0.05) is 22.9 Å². The van der Waals surface area contributed by atoms with Crippen molar-refractivity contribution in [3.05, 3.63) is 65.2 Å². The Labute approximate surface area is 287 Å². The van der Waals surface area contributed by atoms with E-state index in [0.717, 1.165) is 47.4 Å². The summed E-state index contributed by atoms with van der Waals surface area (Å²) in [4.78, 5) is 2.57. The monoisotopic (exact) mass is 658 g/mol. The molecule has 0 radical (unpaired) electrons. The van der Waals surface area contributed by atoms with E-state index >= 15 is 0 Å². The fourth-order valence-electron chi connectivity index (χ4n) is 7.51. The molecule has 0 N–H and O–H groups in total. The van der Waals surface area contributed by atoms with Gasteiger partial charge in [-0.05, 0) is 81.2 Å². The van der Waals surface area contributed by atoms with Gasteiger partial charge in [0.1, 0.15) is 0 Å². The Kier molecular flexibility index (Phi) is 12.4. The lowest BCUT2D eigenvalue weighted by Crippen LogP contribution is -2.46. The van der Waals surface area contributed by atoms with E-state index in [1.807, 2.05) is 32.0 Å². The predicted octanol–water partition coefficient (Wildman–Crippen LogP) is 8.93. The van der Waals surface area contributed by atoms with E-state index in [2.05, 4.69) is 69.0 Å². The molecule has 1 unspecified atom stereocenters.